The Bertz CT molecular complexity index is 724. The molecule has 5 nitrogen and oxygen atoms in total. The predicted octanol–water partition coefficient (Wildman–Crippen LogP) is 1.77. The second-order valence-corrected chi connectivity index (χ2v) is 6.92. The largest absolute Gasteiger partial charge is 0.297 e. The Hall–Kier alpha value is -1.40. The second kappa shape index (κ2) is 3.80. The minimum Gasteiger partial charge on any atom is -0.297 e. The molecule has 0 aliphatic carbocycles. The van der Waals surface area contributed by atoms with Gasteiger partial charge in [-0.3, -0.25) is 4.57 Å². The fourth-order valence-corrected chi connectivity index (χ4v) is 3.59. The Morgan fingerprint density at radius 3 is 2.78 bits per heavy atom. The summed E-state index contributed by atoms with van der Waals surface area (Å²) in [6.07, 6.45) is 0. The lowest BCUT2D eigenvalue weighted by atomic mass is 10.2. The van der Waals surface area contributed by atoms with Gasteiger partial charge >= 0.3 is 0 Å². The van der Waals surface area contributed by atoms with E-state index < -0.39 is 15.1 Å². The zero-order valence-corrected chi connectivity index (χ0v) is 11.1. The zero-order chi connectivity index (χ0) is 12.9. The summed E-state index contributed by atoms with van der Waals surface area (Å²) in [7, 11) is -3.34. The Labute approximate surface area is 109 Å². The number of hydrogen-bond acceptors (Lipinski definition) is 4. The molecule has 3 rings (SSSR count). The molecule has 7 heteroatoms. The van der Waals surface area contributed by atoms with Gasteiger partial charge in [-0.25, -0.2) is 8.42 Å². The third-order valence-electron chi connectivity index (χ3n) is 3.06. The van der Waals surface area contributed by atoms with Crippen LogP contribution in [0.15, 0.2) is 29.4 Å². The van der Waals surface area contributed by atoms with Crippen molar-refractivity contribution in [3.05, 3.63) is 29.3 Å². The summed E-state index contributed by atoms with van der Waals surface area (Å²) >= 11 is 6.09. The van der Waals surface area contributed by atoms with E-state index in [1.54, 1.807) is 23.6 Å². The van der Waals surface area contributed by atoms with Crippen LogP contribution in [0.5, 0.6) is 0 Å². The molecule has 0 radical (unpaired) electrons. The summed E-state index contributed by atoms with van der Waals surface area (Å²) in [4.78, 5) is 0. The first kappa shape index (κ1) is 11.7. The van der Waals surface area contributed by atoms with Gasteiger partial charge in [0.1, 0.15) is 0 Å². The number of hydrogen-bond donors (Lipinski definition) is 0. The molecular weight excluding hydrogens is 274 g/mol. The van der Waals surface area contributed by atoms with Crippen molar-refractivity contribution in [3.8, 4) is 11.4 Å². The second-order valence-electron chi connectivity index (χ2n) is 4.25. The van der Waals surface area contributed by atoms with Gasteiger partial charge in [-0.1, -0.05) is 23.7 Å². The lowest BCUT2D eigenvalue weighted by molar-refractivity contribution is 0.586. The van der Waals surface area contributed by atoms with Gasteiger partial charge in [-0.15, -0.1) is 10.2 Å². The first-order valence-electron chi connectivity index (χ1n) is 5.44. The number of nitrogens with zero attached hydrogens (tertiary/aromatic N) is 3. The highest BCUT2D eigenvalue weighted by molar-refractivity contribution is 7.92. The molecule has 0 unspecified atom stereocenters. The molecule has 0 amide bonds. The van der Waals surface area contributed by atoms with Crippen molar-refractivity contribution in [2.45, 2.75) is 23.9 Å². The number of aromatic nitrogens is 3. The molecule has 1 aromatic heterocycles. The van der Waals surface area contributed by atoms with Gasteiger partial charge in [0.2, 0.25) is 15.0 Å². The van der Waals surface area contributed by atoms with E-state index in [0.717, 1.165) is 0 Å². The summed E-state index contributed by atoms with van der Waals surface area (Å²) in [6.45, 7) is 2.03. The van der Waals surface area contributed by atoms with Crippen molar-refractivity contribution >= 4 is 21.4 Å². The third kappa shape index (κ3) is 1.49. The summed E-state index contributed by atoms with van der Waals surface area (Å²) in [5.74, 6) is 0.503. The molecule has 0 bridgehead atoms. The van der Waals surface area contributed by atoms with E-state index in [1.807, 2.05) is 12.1 Å². The van der Waals surface area contributed by atoms with Crippen molar-refractivity contribution in [2.24, 2.45) is 0 Å². The van der Waals surface area contributed by atoms with Crippen molar-refractivity contribution in [3.63, 3.8) is 0 Å². The summed E-state index contributed by atoms with van der Waals surface area (Å²) in [6, 6.07) is 7.18. The first-order chi connectivity index (χ1) is 8.51. The zero-order valence-electron chi connectivity index (χ0n) is 9.54. The Balaban J connectivity index is 2.23. The molecule has 1 atom stereocenters. The molecule has 0 fully saturated rings. The van der Waals surface area contributed by atoms with E-state index >= 15 is 0 Å². The van der Waals surface area contributed by atoms with Gasteiger partial charge < -0.3 is 0 Å². The number of halogens is 1. The number of sulfone groups is 1. The molecule has 94 valence electrons. The monoisotopic (exact) mass is 283 g/mol. The van der Waals surface area contributed by atoms with E-state index in [2.05, 4.69) is 10.2 Å². The van der Waals surface area contributed by atoms with Crippen LogP contribution < -0.4 is 0 Å². The van der Waals surface area contributed by atoms with Crippen LogP contribution >= 0.6 is 11.6 Å². The smallest absolute Gasteiger partial charge is 0.250 e. The summed E-state index contributed by atoms with van der Waals surface area (Å²) in [5.41, 5.74) is 0.696. The van der Waals surface area contributed by atoms with Crippen LogP contribution in [0.2, 0.25) is 5.02 Å². The van der Waals surface area contributed by atoms with Crippen molar-refractivity contribution < 1.29 is 8.42 Å². The fraction of sp³-hybridized carbons (Fsp3) is 0.273. The van der Waals surface area contributed by atoms with Gasteiger partial charge in [0.05, 0.1) is 10.3 Å². The molecule has 2 heterocycles. The molecule has 2 aromatic rings. The maximum absolute atomic E-state index is 12.0. The summed E-state index contributed by atoms with van der Waals surface area (Å²) < 4.78 is 25.5. The average Bonchev–Trinajstić information content (AvgIpc) is 2.82. The standard InChI is InChI=1S/C11H10ClN3O2S/c1-7-6-15-10(8-4-2-3-5-9(8)12)13-14-11(15)18(7,16)17/h2-5,7H,6H2,1H3/t7-/m1/s1. The first-order valence-corrected chi connectivity index (χ1v) is 7.36. The van der Waals surface area contributed by atoms with E-state index in [4.69, 9.17) is 11.6 Å². The Kier molecular flexibility index (Phi) is 2.46. The highest BCUT2D eigenvalue weighted by atomic mass is 35.5. The van der Waals surface area contributed by atoms with E-state index in [-0.39, 0.29) is 5.16 Å². The molecule has 0 spiro atoms. The van der Waals surface area contributed by atoms with Gasteiger partial charge in [0, 0.05) is 12.1 Å². The maximum Gasteiger partial charge on any atom is 0.250 e. The molecule has 18 heavy (non-hydrogen) atoms. The quantitative estimate of drug-likeness (QED) is 0.800. The molecule has 1 aliphatic rings. The van der Waals surface area contributed by atoms with E-state index in [0.29, 0.717) is 23.0 Å². The van der Waals surface area contributed by atoms with Gasteiger partial charge in [0.15, 0.2) is 5.82 Å². The van der Waals surface area contributed by atoms with Crippen LogP contribution in [0, 0.1) is 0 Å². The normalized spacial score (nSPS) is 20.9. The SMILES string of the molecule is C[C@@H]1Cn2c(-c3ccccc3Cl)nnc2S1(=O)=O. The topological polar surface area (TPSA) is 64.8 Å². The minimum absolute atomic E-state index is 0.0323. The van der Waals surface area contributed by atoms with Crippen LogP contribution in [-0.2, 0) is 16.4 Å². The molecule has 0 saturated carbocycles. The van der Waals surface area contributed by atoms with Gasteiger partial charge in [0.25, 0.3) is 0 Å². The Morgan fingerprint density at radius 2 is 2.06 bits per heavy atom. The highest BCUT2D eigenvalue weighted by Gasteiger charge is 2.38. The number of rotatable bonds is 1. The van der Waals surface area contributed by atoms with Gasteiger partial charge in [-0.05, 0) is 19.1 Å². The van der Waals surface area contributed by atoms with Crippen molar-refractivity contribution in [1.82, 2.24) is 14.8 Å². The molecular formula is C11H10ClN3O2S. The van der Waals surface area contributed by atoms with Crippen molar-refractivity contribution in [1.29, 1.82) is 0 Å². The van der Waals surface area contributed by atoms with Crippen LogP contribution in [-0.4, -0.2) is 28.4 Å². The molecule has 1 aromatic carbocycles. The molecule has 0 saturated heterocycles. The lowest BCUT2D eigenvalue weighted by Crippen LogP contribution is -2.13. The predicted molar refractivity (Wildman–Crippen MR) is 67.1 cm³/mol. The third-order valence-corrected chi connectivity index (χ3v) is 5.40. The lowest BCUT2D eigenvalue weighted by Gasteiger charge is -2.04. The van der Waals surface area contributed by atoms with E-state index in [9.17, 15) is 8.42 Å². The van der Waals surface area contributed by atoms with Gasteiger partial charge in [-0.2, -0.15) is 0 Å². The van der Waals surface area contributed by atoms with E-state index in [1.165, 1.54) is 0 Å². The fourth-order valence-electron chi connectivity index (χ4n) is 2.04. The Morgan fingerprint density at radius 1 is 1.33 bits per heavy atom. The number of benzene rings is 1. The average molecular weight is 284 g/mol. The van der Waals surface area contributed by atoms with Crippen LogP contribution in [0.3, 0.4) is 0 Å². The van der Waals surface area contributed by atoms with Crippen LogP contribution in [0.25, 0.3) is 11.4 Å². The van der Waals surface area contributed by atoms with Crippen molar-refractivity contribution in [2.75, 3.05) is 0 Å². The number of fused-ring (bicyclic) bond motifs is 1. The molecule has 1 aliphatic heterocycles. The maximum atomic E-state index is 12.0. The minimum atomic E-state index is -3.34. The van der Waals surface area contributed by atoms with Crippen LogP contribution in [0.4, 0.5) is 0 Å². The highest BCUT2D eigenvalue weighted by Crippen LogP contribution is 2.32. The summed E-state index contributed by atoms with van der Waals surface area (Å²) in [5, 5.41) is 7.83. The van der Waals surface area contributed by atoms with Crippen LogP contribution in [0.1, 0.15) is 6.92 Å². The molecule has 0 N–H and O–H groups in total.